The molecule has 0 radical (unpaired) electrons. The Kier molecular flexibility index (Phi) is 5.52. The van der Waals surface area contributed by atoms with E-state index in [2.05, 4.69) is 5.32 Å². The normalized spacial score (nSPS) is 16.7. The van der Waals surface area contributed by atoms with E-state index in [0.717, 1.165) is 0 Å². The highest BCUT2D eigenvalue weighted by molar-refractivity contribution is 7.99. The van der Waals surface area contributed by atoms with Crippen LogP contribution < -0.4 is 5.32 Å². The number of halogens is 3. The van der Waals surface area contributed by atoms with Crippen molar-refractivity contribution >= 4 is 23.4 Å². The molecule has 116 valence electrons. The summed E-state index contributed by atoms with van der Waals surface area (Å²) in [5, 5.41) is 2.73. The third-order valence-corrected chi connectivity index (χ3v) is 4.27. The topological polar surface area (TPSA) is 38.3 Å². The third-order valence-electron chi connectivity index (χ3n) is 3.13. The Morgan fingerprint density at radius 1 is 1.29 bits per heavy atom. The summed E-state index contributed by atoms with van der Waals surface area (Å²) < 4.78 is 42.1. The first-order valence-electron chi connectivity index (χ1n) is 6.63. The van der Waals surface area contributed by atoms with E-state index in [1.165, 1.54) is 0 Å². The van der Waals surface area contributed by atoms with Gasteiger partial charge in [-0.2, -0.15) is 13.2 Å². The van der Waals surface area contributed by atoms with Crippen LogP contribution in [-0.4, -0.2) is 31.1 Å². The summed E-state index contributed by atoms with van der Waals surface area (Å²) in [5.74, 6) is -1.27. The summed E-state index contributed by atoms with van der Waals surface area (Å²) >= 11 is 0.678. The standard InChI is InChI=1S/C14H16F3NO2S/c15-14(16,17)9-21-12-4-2-1-3-11(12)18-13(19)10-5-7-20-8-6-10/h1-4,10H,5-9H2,(H,18,19). The van der Waals surface area contributed by atoms with Crippen LogP contribution in [0.1, 0.15) is 12.8 Å². The predicted octanol–water partition coefficient (Wildman–Crippen LogP) is 3.71. The molecule has 0 spiro atoms. The van der Waals surface area contributed by atoms with E-state index >= 15 is 0 Å². The second-order valence-electron chi connectivity index (χ2n) is 4.78. The zero-order valence-electron chi connectivity index (χ0n) is 11.3. The number of hydrogen-bond donors (Lipinski definition) is 1. The Hall–Kier alpha value is -1.21. The average molecular weight is 319 g/mol. The van der Waals surface area contributed by atoms with Crippen molar-refractivity contribution in [2.75, 3.05) is 24.3 Å². The largest absolute Gasteiger partial charge is 0.398 e. The minimum absolute atomic E-state index is 0.139. The summed E-state index contributed by atoms with van der Waals surface area (Å²) in [4.78, 5) is 12.5. The van der Waals surface area contributed by atoms with Crippen LogP contribution in [0.25, 0.3) is 0 Å². The van der Waals surface area contributed by atoms with E-state index in [-0.39, 0.29) is 11.8 Å². The third kappa shape index (κ3) is 5.24. The van der Waals surface area contributed by atoms with Gasteiger partial charge in [0.25, 0.3) is 0 Å². The van der Waals surface area contributed by atoms with E-state index < -0.39 is 11.9 Å². The molecule has 0 bridgehead atoms. The van der Waals surface area contributed by atoms with Crippen LogP contribution >= 0.6 is 11.8 Å². The summed E-state index contributed by atoms with van der Waals surface area (Å²) in [6, 6.07) is 6.55. The van der Waals surface area contributed by atoms with Gasteiger partial charge in [-0.05, 0) is 25.0 Å². The molecule has 1 aliphatic heterocycles. The average Bonchev–Trinajstić information content (AvgIpc) is 2.46. The lowest BCUT2D eigenvalue weighted by atomic mass is 9.99. The minimum atomic E-state index is -4.23. The Labute approximate surface area is 125 Å². The number of thioether (sulfide) groups is 1. The predicted molar refractivity (Wildman–Crippen MR) is 75.4 cm³/mol. The molecule has 1 saturated heterocycles. The smallest absolute Gasteiger partial charge is 0.381 e. The molecular formula is C14H16F3NO2S. The van der Waals surface area contributed by atoms with Crippen molar-refractivity contribution in [2.24, 2.45) is 5.92 Å². The zero-order chi connectivity index (χ0) is 15.3. The second kappa shape index (κ2) is 7.17. The van der Waals surface area contributed by atoms with Gasteiger partial charge in [-0.25, -0.2) is 0 Å². The molecule has 1 N–H and O–H groups in total. The first-order chi connectivity index (χ1) is 9.96. The molecule has 1 aliphatic rings. The first kappa shape index (κ1) is 16.2. The Morgan fingerprint density at radius 2 is 1.95 bits per heavy atom. The number of carbonyl (C=O) groups excluding carboxylic acids is 1. The van der Waals surface area contributed by atoms with Gasteiger partial charge in [-0.15, -0.1) is 11.8 Å². The number of amides is 1. The maximum Gasteiger partial charge on any atom is 0.398 e. The maximum atomic E-state index is 12.3. The number of benzene rings is 1. The van der Waals surface area contributed by atoms with Crippen molar-refractivity contribution in [1.29, 1.82) is 0 Å². The molecule has 1 aromatic rings. The Balaban J connectivity index is 2.00. The van der Waals surface area contributed by atoms with Crippen molar-refractivity contribution in [3.8, 4) is 0 Å². The molecule has 1 fully saturated rings. The van der Waals surface area contributed by atoms with Crippen LogP contribution in [0, 0.1) is 5.92 Å². The van der Waals surface area contributed by atoms with E-state index in [0.29, 0.717) is 48.4 Å². The molecule has 0 aromatic heterocycles. The van der Waals surface area contributed by atoms with E-state index in [4.69, 9.17) is 4.74 Å². The second-order valence-corrected chi connectivity index (χ2v) is 5.79. The molecular weight excluding hydrogens is 303 g/mol. The van der Waals surface area contributed by atoms with Crippen LogP contribution in [0.2, 0.25) is 0 Å². The fraction of sp³-hybridized carbons (Fsp3) is 0.500. The van der Waals surface area contributed by atoms with Gasteiger partial charge in [0.05, 0.1) is 11.4 Å². The number of ether oxygens (including phenoxy) is 1. The lowest BCUT2D eigenvalue weighted by Crippen LogP contribution is -2.28. The van der Waals surface area contributed by atoms with Gasteiger partial charge in [0.1, 0.15) is 0 Å². The molecule has 0 saturated carbocycles. The molecule has 0 atom stereocenters. The van der Waals surface area contributed by atoms with Crippen LogP contribution in [0.4, 0.5) is 18.9 Å². The molecule has 1 aromatic carbocycles. The fourth-order valence-electron chi connectivity index (χ4n) is 2.05. The highest BCUT2D eigenvalue weighted by Gasteiger charge is 2.28. The summed E-state index contributed by atoms with van der Waals surface area (Å²) in [6.07, 6.45) is -2.95. The van der Waals surface area contributed by atoms with Crippen molar-refractivity contribution in [2.45, 2.75) is 23.9 Å². The monoisotopic (exact) mass is 319 g/mol. The number of rotatable bonds is 4. The van der Waals surface area contributed by atoms with Gasteiger partial charge in [-0.1, -0.05) is 12.1 Å². The van der Waals surface area contributed by atoms with Crippen LogP contribution in [0.15, 0.2) is 29.2 Å². The zero-order valence-corrected chi connectivity index (χ0v) is 12.1. The molecule has 1 amide bonds. The minimum Gasteiger partial charge on any atom is -0.381 e. The highest BCUT2D eigenvalue weighted by atomic mass is 32.2. The van der Waals surface area contributed by atoms with Crippen LogP contribution in [-0.2, 0) is 9.53 Å². The quantitative estimate of drug-likeness (QED) is 0.860. The number of alkyl halides is 3. The fourth-order valence-corrected chi connectivity index (χ4v) is 2.82. The molecule has 7 heteroatoms. The van der Waals surface area contributed by atoms with Crippen LogP contribution in [0.3, 0.4) is 0 Å². The molecule has 21 heavy (non-hydrogen) atoms. The van der Waals surface area contributed by atoms with Crippen molar-refractivity contribution in [3.05, 3.63) is 24.3 Å². The Morgan fingerprint density at radius 3 is 2.62 bits per heavy atom. The van der Waals surface area contributed by atoms with E-state index in [1.54, 1.807) is 24.3 Å². The lowest BCUT2D eigenvalue weighted by Gasteiger charge is -2.22. The molecule has 2 rings (SSSR count). The van der Waals surface area contributed by atoms with Gasteiger partial charge >= 0.3 is 6.18 Å². The SMILES string of the molecule is O=C(Nc1ccccc1SCC(F)(F)F)C1CCOCC1. The van der Waals surface area contributed by atoms with Gasteiger partial charge in [0.15, 0.2) is 0 Å². The summed E-state index contributed by atoms with van der Waals surface area (Å²) in [5.41, 5.74) is 0.434. The highest BCUT2D eigenvalue weighted by Crippen LogP contribution is 2.32. The molecule has 1 heterocycles. The van der Waals surface area contributed by atoms with Crippen molar-refractivity contribution in [1.82, 2.24) is 0 Å². The number of nitrogens with one attached hydrogen (secondary N) is 1. The molecule has 3 nitrogen and oxygen atoms in total. The van der Waals surface area contributed by atoms with Gasteiger partial charge in [-0.3, -0.25) is 4.79 Å². The lowest BCUT2D eigenvalue weighted by molar-refractivity contribution is -0.122. The van der Waals surface area contributed by atoms with Gasteiger partial charge in [0.2, 0.25) is 5.91 Å². The Bertz CT molecular complexity index is 487. The van der Waals surface area contributed by atoms with E-state index in [9.17, 15) is 18.0 Å². The van der Waals surface area contributed by atoms with Gasteiger partial charge < -0.3 is 10.1 Å². The maximum absolute atomic E-state index is 12.3. The number of carbonyl (C=O) groups is 1. The molecule has 0 unspecified atom stereocenters. The molecule has 0 aliphatic carbocycles. The first-order valence-corrected chi connectivity index (χ1v) is 7.61. The summed E-state index contributed by atoms with van der Waals surface area (Å²) in [7, 11) is 0. The van der Waals surface area contributed by atoms with Crippen LogP contribution in [0.5, 0.6) is 0 Å². The number of anilines is 1. The van der Waals surface area contributed by atoms with Crippen molar-refractivity contribution in [3.63, 3.8) is 0 Å². The number of para-hydroxylation sites is 1. The van der Waals surface area contributed by atoms with Crippen molar-refractivity contribution < 1.29 is 22.7 Å². The van der Waals surface area contributed by atoms with Gasteiger partial charge in [0, 0.05) is 24.0 Å². The van der Waals surface area contributed by atoms with E-state index in [1.807, 2.05) is 0 Å². The number of hydrogen-bond acceptors (Lipinski definition) is 3. The summed E-state index contributed by atoms with van der Waals surface area (Å²) in [6.45, 7) is 1.09.